The minimum atomic E-state index is -1.30. The summed E-state index contributed by atoms with van der Waals surface area (Å²) in [6.07, 6.45) is 0.538. The number of amides is 2. The molecule has 0 radical (unpaired) electrons. The Bertz CT molecular complexity index is 1650. The lowest BCUT2D eigenvalue weighted by Gasteiger charge is -2.40. The molecule has 0 aliphatic carbocycles. The Morgan fingerprint density at radius 3 is 2.57 bits per heavy atom. The van der Waals surface area contributed by atoms with Crippen molar-refractivity contribution in [2.75, 3.05) is 37.2 Å². The van der Waals surface area contributed by atoms with E-state index in [9.17, 15) is 14.7 Å². The van der Waals surface area contributed by atoms with Crippen LogP contribution in [0.25, 0.3) is 0 Å². The first-order chi connectivity index (χ1) is 20.9. The van der Waals surface area contributed by atoms with E-state index in [0.717, 1.165) is 0 Å². The van der Waals surface area contributed by atoms with Crippen molar-refractivity contribution in [3.8, 4) is 11.5 Å². The van der Waals surface area contributed by atoms with Crippen molar-refractivity contribution in [2.45, 2.75) is 50.6 Å². The molecule has 1 spiro atoms. The van der Waals surface area contributed by atoms with Crippen molar-refractivity contribution in [3.63, 3.8) is 0 Å². The molecule has 6 rings (SSSR count). The highest BCUT2D eigenvalue weighted by Gasteiger charge is 2.71. The number of anilines is 2. The van der Waals surface area contributed by atoms with Gasteiger partial charge in [-0.1, -0.05) is 62.2 Å². The molecule has 2 N–H and O–H groups in total. The maximum absolute atomic E-state index is 16.1. The molecule has 2 fully saturated rings. The van der Waals surface area contributed by atoms with E-state index in [4.69, 9.17) is 32.7 Å². The molecule has 0 bridgehead atoms. The Morgan fingerprint density at radius 1 is 1.09 bits per heavy atom. The zero-order valence-electron chi connectivity index (χ0n) is 24.9. The molecule has 4 atom stereocenters. The number of nitrogens with zero attached hydrogens (tertiary/aromatic N) is 2. The van der Waals surface area contributed by atoms with Crippen molar-refractivity contribution < 1.29 is 28.6 Å². The predicted molar refractivity (Wildman–Crippen MR) is 167 cm³/mol. The molecule has 44 heavy (non-hydrogen) atoms. The highest BCUT2D eigenvalue weighted by Crippen LogP contribution is 2.62. The van der Waals surface area contributed by atoms with Crippen LogP contribution in [-0.2, 0) is 15.0 Å². The van der Waals surface area contributed by atoms with Crippen molar-refractivity contribution >= 4 is 46.4 Å². The molecule has 2 saturated heterocycles. The largest absolute Gasteiger partial charge is 0.493 e. The number of benzene rings is 3. The van der Waals surface area contributed by atoms with E-state index in [1.807, 2.05) is 11.0 Å². The first-order valence-corrected chi connectivity index (χ1v) is 15.2. The first-order valence-electron chi connectivity index (χ1n) is 14.5. The molecule has 0 aromatic heterocycles. The number of fused-ring (bicyclic) bond motifs is 3. The fourth-order valence-electron chi connectivity index (χ4n) is 7.28. The van der Waals surface area contributed by atoms with Crippen molar-refractivity contribution in [2.24, 2.45) is 5.41 Å². The van der Waals surface area contributed by atoms with E-state index in [2.05, 4.69) is 26.1 Å². The minimum absolute atomic E-state index is 0.0799. The average Bonchev–Trinajstić information content (AvgIpc) is 3.55. The molecule has 8 nitrogen and oxygen atoms in total. The third-order valence-electron chi connectivity index (χ3n) is 8.89. The number of rotatable bonds is 7. The van der Waals surface area contributed by atoms with Crippen LogP contribution in [0.1, 0.15) is 44.2 Å². The number of halogens is 3. The molecule has 3 aliphatic rings. The summed E-state index contributed by atoms with van der Waals surface area (Å²) in [5, 5.41) is 12.6. The fraction of sp³-hybridized carbons (Fsp3) is 0.394. The second-order valence-corrected chi connectivity index (χ2v) is 13.5. The van der Waals surface area contributed by atoms with Gasteiger partial charge in [-0.3, -0.25) is 19.4 Å². The van der Waals surface area contributed by atoms with Crippen LogP contribution in [0, 0.1) is 11.2 Å². The highest BCUT2D eigenvalue weighted by atomic mass is 35.5. The normalized spacial score (nSPS) is 24.5. The van der Waals surface area contributed by atoms with Crippen LogP contribution in [0.5, 0.6) is 11.5 Å². The second-order valence-electron chi connectivity index (χ2n) is 12.7. The van der Waals surface area contributed by atoms with Gasteiger partial charge in [0, 0.05) is 34.4 Å². The lowest BCUT2D eigenvalue weighted by molar-refractivity contribution is -0.122. The molecule has 11 heteroatoms. The van der Waals surface area contributed by atoms with Crippen molar-refractivity contribution in [1.82, 2.24) is 4.90 Å². The summed E-state index contributed by atoms with van der Waals surface area (Å²) in [4.78, 5) is 32.7. The number of ether oxygens (including phenoxy) is 2. The van der Waals surface area contributed by atoms with Gasteiger partial charge in [-0.15, -0.1) is 0 Å². The van der Waals surface area contributed by atoms with E-state index >= 15 is 4.39 Å². The molecule has 3 aromatic rings. The van der Waals surface area contributed by atoms with Gasteiger partial charge in [-0.25, -0.2) is 4.39 Å². The Hall–Kier alpha value is -3.37. The molecule has 3 aromatic carbocycles. The monoisotopic (exact) mass is 641 g/mol. The summed E-state index contributed by atoms with van der Waals surface area (Å²) < 4.78 is 27.2. The zero-order valence-corrected chi connectivity index (χ0v) is 26.4. The van der Waals surface area contributed by atoms with E-state index in [1.165, 1.54) is 13.2 Å². The summed E-state index contributed by atoms with van der Waals surface area (Å²) in [5.74, 6) is -1.29. The summed E-state index contributed by atoms with van der Waals surface area (Å²) in [6.45, 7) is 6.36. The van der Waals surface area contributed by atoms with E-state index in [-0.39, 0.29) is 47.7 Å². The fourth-order valence-corrected chi connectivity index (χ4v) is 7.63. The number of carbonyl (C=O) groups excluding carboxylic acids is 2. The van der Waals surface area contributed by atoms with Crippen LogP contribution < -0.4 is 19.7 Å². The summed E-state index contributed by atoms with van der Waals surface area (Å²) >= 11 is 12.7. The number of carbonyl (C=O) groups is 2. The molecule has 3 heterocycles. The van der Waals surface area contributed by atoms with Crippen LogP contribution in [0.3, 0.4) is 0 Å². The smallest absolute Gasteiger partial charge is 0.246 e. The van der Waals surface area contributed by atoms with Gasteiger partial charge in [0.05, 0.1) is 31.4 Å². The Labute approximate surface area is 265 Å². The van der Waals surface area contributed by atoms with Crippen LogP contribution >= 0.6 is 23.2 Å². The summed E-state index contributed by atoms with van der Waals surface area (Å²) in [7, 11) is 1.50. The Morgan fingerprint density at radius 2 is 1.86 bits per heavy atom. The Kier molecular flexibility index (Phi) is 7.81. The second kappa shape index (κ2) is 11.2. The van der Waals surface area contributed by atoms with Gasteiger partial charge in [-0.05, 0) is 53.3 Å². The molecule has 2 unspecified atom stereocenters. The molecule has 0 saturated carbocycles. The topological polar surface area (TPSA) is 91.3 Å². The van der Waals surface area contributed by atoms with Crippen LogP contribution in [0.4, 0.5) is 15.8 Å². The number of methoxy groups -OCH3 is 1. The van der Waals surface area contributed by atoms with Gasteiger partial charge in [0.25, 0.3) is 0 Å². The maximum Gasteiger partial charge on any atom is 0.246 e. The number of aliphatic hydroxyl groups is 1. The van der Waals surface area contributed by atoms with Gasteiger partial charge in [0.2, 0.25) is 11.8 Å². The standard InChI is InChI=1S/C33H34Cl2FN3O5/c1-32(2,3)16-26-33(21-10-8-18(34)14-23(21)37-31(33)42)27(20-6-5-7-22(35)28(20)36)29-30(41)38(17-39(26)29)19-9-11-24(44-13-12-40)25(15-19)43-4/h5-11,14-15,26-27,29,40H,12-13,16-17H2,1-4H3,(H,37,42)/t26?,27?,29-,33-/m1/s1. The molecule has 232 valence electrons. The maximum atomic E-state index is 16.1. The number of nitrogens with one attached hydrogen (secondary N) is 1. The average molecular weight is 643 g/mol. The van der Waals surface area contributed by atoms with Crippen LogP contribution in [0.15, 0.2) is 54.6 Å². The Balaban J connectivity index is 1.55. The predicted octanol–water partition coefficient (Wildman–Crippen LogP) is 5.98. The number of aliphatic hydroxyl groups excluding tert-OH is 1. The van der Waals surface area contributed by atoms with Gasteiger partial charge >= 0.3 is 0 Å². The highest BCUT2D eigenvalue weighted by molar-refractivity contribution is 6.31. The molecule has 3 aliphatic heterocycles. The lowest BCUT2D eigenvalue weighted by Crippen LogP contribution is -2.52. The quantitative estimate of drug-likeness (QED) is 0.330. The van der Waals surface area contributed by atoms with E-state index in [0.29, 0.717) is 39.9 Å². The SMILES string of the molecule is COc1cc(N2CN3C(CC(C)(C)C)[C@@]4(C(=O)Nc5cc(Cl)ccc54)C(c4cccc(Cl)c4F)[C@@H]3C2=O)ccc1OCCO. The van der Waals surface area contributed by atoms with E-state index < -0.39 is 29.2 Å². The molecular weight excluding hydrogens is 608 g/mol. The van der Waals surface area contributed by atoms with Crippen LogP contribution in [0.2, 0.25) is 10.0 Å². The van der Waals surface area contributed by atoms with Crippen molar-refractivity contribution in [1.29, 1.82) is 0 Å². The van der Waals surface area contributed by atoms with Gasteiger partial charge < -0.3 is 19.9 Å². The third-order valence-corrected chi connectivity index (χ3v) is 9.42. The number of hydrogen-bond acceptors (Lipinski definition) is 6. The van der Waals surface area contributed by atoms with Gasteiger partial charge in [0.15, 0.2) is 11.5 Å². The van der Waals surface area contributed by atoms with Crippen LogP contribution in [-0.4, -0.2) is 60.9 Å². The summed E-state index contributed by atoms with van der Waals surface area (Å²) in [6, 6.07) is 13.8. The van der Waals surface area contributed by atoms with Gasteiger partial charge in [-0.2, -0.15) is 0 Å². The minimum Gasteiger partial charge on any atom is -0.493 e. The zero-order chi connectivity index (χ0) is 31.6. The van der Waals surface area contributed by atoms with E-state index in [1.54, 1.807) is 47.4 Å². The summed E-state index contributed by atoms with van der Waals surface area (Å²) in [5.41, 5.74) is 0.459. The third kappa shape index (κ3) is 4.72. The molecular formula is C33H34Cl2FN3O5. The van der Waals surface area contributed by atoms with Crippen molar-refractivity contribution in [3.05, 3.63) is 81.6 Å². The number of hydrogen-bond donors (Lipinski definition) is 2. The molecule has 2 amide bonds. The van der Waals surface area contributed by atoms with Gasteiger partial charge in [0.1, 0.15) is 17.8 Å². The first kappa shape index (κ1) is 30.6. The lowest BCUT2D eigenvalue weighted by atomic mass is 9.62.